The molecule has 0 saturated heterocycles. The molecule has 6 nitrogen and oxygen atoms in total. The number of aliphatic carboxylic acids is 1. The molecule has 0 aliphatic carbocycles. The summed E-state index contributed by atoms with van der Waals surface area (Å²) in [5.74, 6) is -1.42. The van der Waals surface area contributed by atoms with E-state index in [1.807, 2.05) is 13.8 Å². The average molecular weight is 506 g/mol. The summed E-state index contributed by atoms with van der Waals surface area (Å²) in [6, 6.07) is 10.1. The second kappa shape index (κ2) is 11.0. The van der Waals surface area contributed by atoms with Crippen LogP contribution >= 0.6 is 0 Å². The molecule has 36 heavy (non-hydrogen) atoms. The summed E-state index contributed by atoms with van der Waals surface area (Å²) in [4.78, 5) is 15.4. The Balaban J connectivity index is 2.16. The smallest absolute Gasteiger partial charge is 0.416 e. The second-order valence-electron chi connectivity index (χ2n) is 8.67. The van der Waals surface area contributed by atoms with Gasteiger partial charge in [0, 0.05) is 29.7 Å². The molecule has 0 aliphatic heterocycles. The third kappa shape index (κ3) is 6.58. The molecule has 0 fully saturated rings. The summed E-state index contributed by atoms with van der Waals surface area (Å²) in [5, 5.41) is 28.9. The SMILES string of the molecule is CC(C)c1nc(-c2cccc(C(F)(F)F)c2)c(-c2ccc(F)cc2)n1/C=C/C(O)CC(O)CC(=O)O. The number of halogens is 4. The quantitative estimate of drug-likeness (QED) is 0.331. The minimum absolute atomic E-state index is 0.192. The van der Waals surface area contributed by atoms with E-state index in [9.17, 15) is 32.6 Å². The minimum atomic E-state index is -4.56. The van der Waals surface area contributed by atoms with Gasteiger partial charge >= 0.3 is 12.1 Å². The molecule has 3 N–H and O–H groups in total. The topological polar surface area (TPSA) is 95.6 Å². The Labute approximate surface area is 205 Å². The minimum Gasteiger partial charge on any atom is -0.481 e. The number of imidazole rings is 1. The summed E-state index contributed by atoms with van der Waals surface area (Å²) < 4.78 is 55.4. The van der Waals surface area contributed by atoms with Gasteiger partial charge in [-0.2, -0.15) is 13.2 Å². The van der Waals surface area contributed by atoms with Gasteiger partial charge in [-0.15, -0.1) is 0 Å². The lowest BCUT2D eigenvalue weighted by Crippen LogP contribution is -2.19. The van der Waals surface area contributed by atoms with Crippen LogP contribution in [0.15, 0.2) is 54.6 Å². The highest BCUT2D eigenvalue weighted by Gasteiger charge is 2.31. The van der Waals surface area contributed by atoms with Crippen LogP contribution in [0.25, 0.3) is 28.7 Å². The van der Waals surface area contributed by atoms with Crippen LogP contribution in [0.2, 0.25) is 0 Å². The zero-order valence-electron chi connectivity index (χ0n) is 19.6. The lowest BCUT2D eigenvalue weighted by molar-refractivity contribution is -0.139. The summed E-state index contributed by atoms with van der Waals surface area (Å²) in [7, 11) is 0. The van der Waals surface area contributed by atoms with E-state index in [2.05, 4.69) is 4.98 Å². The lowest BCUT2D eigenvalue weighted by Gasteiger charge is -2.14. The third-order valence-electron chi connectivity index (χ3n) is 5.42. The van der Waals surface area contributed by atoms with Crippen LogP contribution in [0.1, 0.15) is 44.0 Å². The standard InChI is InChI=1S/C26H26F4N2O4/c1-15(2)25-31-23(17-4-3-5-18(12-17)26(28,29)30)24(16-6-8-19(27)9-7-16)32(25)11-10-20(33)13-21(34)14-22(35)36/h3-12,15,20-21,33-34H,13-14H2,1-2H3,(H,35,36)/b11-10+. The third-order valence-corrected chi connectivity index (χ3v) is 5.42. The molecule has 192 valence electrons. The maximum Gasteiger partial charge on any atom is 0.416 e. The Morgan fingerprint density at radius 3 is 2.33 bits per heavy atom. The van der Waals surface area contributed by atoms with Crippen LogP contribution in [0.5, 0.6) is 0 Å². The zero-order valence-corrected chi connectivity index (χ0v) is 19.6. The van der Waals surface area contributed by atoms with Gasteiger partial charge in [-0.3, -0.25) is 4.79 Å². The van der Waals surface area contributed by atoms with Crippen LogP contribution in [-0.4, -0.2) is 43.0 Å². The Hall–Kier alpha value is -3.50. The van der Waals surface area contributed by atoms with Crippen LogP contribution in [-0.2, 0) is 11.0 Å². The van der Waals surface area contributed by atoms with Crippen molar-refractivity contribution in [3.8, 4) is 22.5 Å². The molecule has 2 unspecified atom stereocenters. The number of hydrogen-bond donors (Lipinski definition) is 3. The monoisotopic (exact) mass is 506 g/mol. The van der Waals surface area contributed by atoms with E-state index in [4.69, 9.17) is 5.11 Å². The van der Waals surface area contributed by atoms with Gasteiger partial charge in [-0.05, 0) is 42.5 Å². The van der Waals surface area contributed by atoms with E-state index < -0.39 is 42.2 Å². The number of alkyl halides is 3. The normalized spacial score (nSPS) is 13.9. The molecule has 3 aromatic rings. The fraction of sp³-hybridized carbons (Fsp3) is 0.308. The van der Waals surface area contributed by atoms with Crippen LogP contribution in [0, 0.1) is 5.82 Å². The molecule has 10 heteroatoms. The first-order chi connectivity index (χ1) is 16.9. The molecule has 0 amide bonds. The molecule has 0 spiro atoms. The molecular formula is C26H26F4N2O4. The average Bonchev–Trinajstić information content (AvgIpc) is 3.17. The molecule has 0 saturated carbocycles. The van der Waals surface area contributed by atoms with Crippen molar-refractivity contribution in [1.29, 1.82) is 0 Å². The highest BCUT2D eigenvalue weighted by Crippen LogP contribution is 2.38. The number of rotatable bonds is 9. The highest BCUT2D eigenvalue weighted by atomic mass is 19.4. The van der Waals surface area contributed by atoms with Crippen molar-refractivity contribution >= 4 is 12.2 Å². The first kappa shape index (κ1) is 27.1. The summed E-state index contributed by atoms with van der Waals surface area (Å²) >= 11 is 0. The van der Waals surface area contributed by atoms with Crippen molar-refractivity contribution in [3.05, 3.63) is 71.8 Å². The Morgan fingerprint density at radius 1 is 1.08 bits per heavy atom. The van der Waals surface area contributed by atoms with E-state index >= 15 is 0 Å². The van der Waals surface area contributed by atoms with Gasteiger partial charge in [0.05, 0.1) is 35.6 Å². The predicted molar refractivity (Wildman–Crippen MR) is 126 cm³/mol. The largest absolute Gasteiger partial charge is 0.481 e. The molecule has 2 atom stereocenters. The molecular weight excluding hydrogens is 480 g/mol. The number of aliphatic hydroxyl groups excluding tert-OH is 2. The van der Waals surface area contributed by atoms with Gasteiger partial charge in [0.25, 0.3) is 0 Å². The van der Waals surface area contributed by atoms with Crippen LogP contribution in [0.4, 0.5) is 17.6 Å². The fourth-order valence-corrected chi connectivity index (χ4v) is 3.76. The molecule has 1 aromatic heterocycles. The molecule has 0 radical (unpaired) electrons. The molecule has 2 aromatic carbocycles. The van der Waals surface area contributed by atoms with Gasteiger partial charge < -0.3 is 19.9 Å². The van der Waals surface area contributed by atoms with E-state index in [-0.39, 0.29) is 23.6 Å². The lowest BCUT2D eigenvalue weighted by atomic mass is 10.0. The first-order valence-corrected chi connectivity index (χ1v) is 11.2. The first-order valence-electron chi connectivity index (χ1n) is 11.2. The molecule has 0 bridgehead atoms. The Kier molecular flexibility index (Phi) is 8.31. The zero-order chi connectivity index (χ0) is 26.6. The molecule has 0 aliphatic rings. The van der Waals surface area contributed by atoms with E-state index in [0.717, 1.165) is 12.1 Å². The second-order valence-corrected chi connectivity index (χ2v) is 8.67. The number of hydrogen-bond acceptors (Lipinski definition) is 4. The van der Waals surface area contributed by atoms with Crippen LogP contribution < -0.4 is 0 Å². The van der Waals surface area contributed by atoms with Gasteiger partial charge in [-0.1, -0.05) is 26.0 Å². The van der Waals surface area contributed by atoms with Crippen molar-refractivity contribution in [1.82, 2.24) is 9.55 Å². The molecule has 1 heterocycles. The molecule has 3 rings (SSSR count). The van der Waals surface area contributed by atoms with Crippen LogP contribution in [0.3, 0.4) is 0 Å². The van der Waals surface area contributed by atoms with E-state index in [1.165, 1.54) is 48.7 Å². The van der Waals surface area contributed by atoms with Gasteiger partial charge in [0.1, 0.15) is 11.6 Å². The number of aromatic nitrogens is 2. The van der Waals surface area contributed by atoms with Crippen molar-refractivity contribution in [2.24, 2.45) is 0 Å². The fourth-order valence-electron chi connectivity index (χ4n) is 3.76. The summed E-state index contributed by atoms with van der Waals surface area (Å²) in [5.41, 5.74) is 0.460. The number of carboxylic acids is 1. The highest BCUT2D eigenvalue weighted by molar-refractivity contribution is 5.81. The Bertz CT molecular complexity index is 1230. The number of aliphatic hydroxyl groups is 2. The predicted octanol–water partition coefficient (Wildman–Crippen LogP) is 5.56. The number of benzene rings is 2. The van der Waals surface area contributed by atoms with Gasteiger partial charge in [-0.25, -0.2) is 9.37 Å². The van der Waals surface area contributed by atoms with Gasteiger partial charge in [0.2, 0.25) is 0 Å². The van der Waals surface area contributed by atoms with Gasteiger partial charge in [0.15, 0.2) is 0 Å². The number of carboxylic acid groups (broad SMARTS) is 1. The maximum absolute atomic E-state index is 13.6. The Morgan fingerprint density at radius 2 is 1.75 bits per heavy atom. The van der Waals surface area contributed by atoms with E-state index in [0.29, 0.717) is 17.1 Å². The van der Waals surface area contributed by atoms with Crippen molar-refractivity contribution in [2.45, 2.75) is 51.0 Å². The number of nitrogens with zero attached hydrogens (tertiary/aromatic N) is 2. The number of carbonyl (C=O) groups is 1. The summed E-state index contributed by atoms with van der Waals surface area (Å²) in [6.07, 6.45) is -5.01. The van der Waals surface area contributed by atoms with E-state index in [1.54, 1.807) is 4.57 Å². The van der Waals surface area contributed by atoms with Crippen molar-refractivity contribution in [3.63, 3.8) is 0 Å². The van der Waals surface area contributed by atoms with Crippen molar-refractivity contribution in [2.75, 3.05) is 0 Å². The maximum atomic E-state index is 13.6. The van der Waals surface area contributed by atoms with Crippen molar-refractivity contribution < 1.29 is 37.7 Å². The summed E-state index contributed by atoms with van der Waals surface area (Å²) in [6.45, 7) is 3.67.